The summed E-state index contributed by atoms with van der Waals surface area (Å²) in [7, 11) is 3.66. The maximum Gasteiger partial charge on any atom is 0.242 e. The van der Waals surface area contributed by atoms with Gasteiger partial charge in [0.15, 0.2) is 0 Å². The number of carbonyl (C=O) groups excluding carboxylic acids is 2. The molecule has 31 heavy (non-hydrogen) atoms. The monoisotopic (exact) mass is 435 g/mol. The first-order valence-corrected chi connectivity index (χ1v) is 11.7. The molecule has 6 heteroatoms. The largest absolute Gasteiger partial charge is 0.385 e. The second-order valence-electron chi connectivity index (χ2n) is 10.0. The Morgan fingerprint density at radius 2 is 1.81 bits per heavy atom. The molecule has 0 fully saturated rings. The molecule has 0 spiro atoms. The van der Waals surface area contributed by atoms with E-state index >= 15 is 0 Å². The molecule has 0 radical (unpaired) electrons. The number of hydrogen-bond donors (Lipinski definition) is 0. The summed E-state index contributed by atoms with van der Waals surface area (Å²) in [5.74, 6) is 0.367. The van der Waals surface area contributed by atoms with Crippen LogP contribution in [0.1, 0.15) is 72.4 Å². The number of aryl methyl sites for hydroxylation is 1. The minimum absolute atomic E-state index is 0.0175. The van der Waals surface area contributed by atoms with Crippen LogP contribution in [0.15, 0.2) is 18.3 Å². The number of unbranched alkanes of at least 4 members (excludes halogenated alkanes) is 1. The van der Waals surface area contributed by atoms with Gasteiger partial charge in [0.05, 0.1) is 13.1 Å². The van der Waals surface area contributed by atoms with Crippen molar-refractivity contribution in [2.24, 2.45) is 18.4 Å². The lowest BCUT2D eigenvalue weighted by Crippen LogP contribution is -2.44. The standard InChI is InChI=1S/C25H45N3O3/c1-8-9-14-27(19-22-12-10-13-26(22)6)24(30)20-28(15-11-16-31-7)23(29)17-21(2)18-25(3,4)5/h10,12-13,21H,8-9,11,14-20H2,1-7H3. The number of rotatable bonds is 14. The van der Waals surface area contributed by atoms with E-state index in [9.17, 15) is 9.59 Å². The van der Waals surface area contributed by atoms with Crippen molar-refractivity contribution in [2.75, 3.05) is 33.4 Å². The minimum atomic E-state index is 0.0175. The Bertz CT molecular complexity index is 663. The van der Waals surface area contributed by atoms with E-state index in [-0.39, 0.29) is 29.7 Å². The molecule has 2 amide bonds. The first-order chi connectivity index (χ1) is 14.6. The van der Waals surface area contributed by atoms with E-state index in [2.05, 4.69) is 34.6 Å². The minimum Gasteiger partial charge on any atom is -0.385 e. The van der Waals surface area contributed by atoms with E-state index in [1.165, 1.54) is 0 Å². The fraction of sp³-hybridized carbons (Fsp3) is 0.760. The summed E-state index contributed by atoms with van der Waals surface area (Å²) < 4.78 is 7.22. The van der Waals surface area contributed by atoms with Crippen molar-refractivity contribution in [1.82, 2.24) is 14.4 Å². The number of nitrogens with zero attached hydrogens (tertiary/aromatic N) is 3. The van der Waals surface area contributed by atoms with Gasteiger partial charge in [0.2, 0.25) is 11.8 Å². The summed E-state index contributed by atoms with van der Waals surface area (Å²) in [5.41, 5.74) is 1.28. The third kappa shape index (κ3) is 10.9. The number of aromatic nitrogens is 1. The highest BCUT2D eigenvalue weighted by molar-refractivity contribution is 5.85. The van der Waals surface area contributed by atoms with Crippen molar-refractivity contribution in [3.63, 3.8) is 0 Å². The normalized spacial score (nSPS) is 12.6. The molecule has 0 aromatic carbocycles. The van der Waals surface area contributed by atoms with Gasteiger partial charge in [0.25, 0.3) is 0 Å². The Balaban J connectivity index is 2.86. The molecule has 1 aromatic heterocycles. The number of hydrogen-bond acceptors (Lipinski definition) is 3. The Kier molecular flexibility index (Phi) is 11.9. The molecular formula is C25H45N3O3. The number of methoxy groups -OCH3 is 1. The summed E-state index contributed by atoms with van der Waals surface area (Å²) in [6, 6.07) is 4.04. The van der Waals surface area contributed by atoms with E-state index in [0.717, 1.165) is 31.4 Å². The Morgan fingerprint density at radius 1 is 1.13 bits per heavy atom. The van der Waals surface area contributed by atoms with E-state index in [1.54, 1.807) is 12.0 Å². The first-order valence-electron chi connectivity index (χ1n) is 11.7. The molecule has 1 atom stereocenters. The third-order valence-corrected chi connectivity index (χ3v) is 5.48. The second kappa shape index (κ2) is 13.6. The fourth-order valence-electron chi connectivity index (χ4n) is 4.00. The fourth-order valence-corrected chi connectivity index (χ4v) is 4.00. The smallest absolute Gasteiger partial charge is 0.242 e. The summed E-state index contributed by atoms with van der Waals surface area (Å²) in [6.45, 7) is 13.4. The Labute approximate surface area is 189 Å². The lowest BCUT2D eigenvalue weighted by Gasteiger charge is -2.29. The lowest BCUT2D eigenvalue weighted by molar-refractivity contribution is -0.141. The quantitative estimate of drug-likeness (QED) is 0.405. The molecule has 0 bridgehead atoms. The number of amides is 2. The topological polar surface area (TPSA) is 54.8 Å². The summed E-state index contributed by atoms with van der Waals surface area (Å²) in [6.07, 6.45) is 6.16. The van der Waals surface area contributed by atoms with Gasteiger partial charge >= 0.3 is 0 Å². The van der Waals surface area contributed by atoms with Gasteiger partial charge in [-0.05, 0) is 42.7 Å². The lowest BCUT2D eigenvalue weighted by atomic mass is 9.84. The average Bonchev–Trinajstić information content (AvgIpc) is 3.07. The van der Waals surface area contributed by atoms with Crippen molar-refractivity contribution < 1.29 is 14.3 Å². The van der Waals surface area contributed by atoms with Crippen LogP contribution in [0.25, 0.3) is 0 Å². The van der Waals surface area contributed by atoms with Gasteiger partial charge in [-0.2, -0.15) is 0 Å². The van der Waals surface area contributed by atoms with Crippen molar-refractivity contribution in [1.29, 1.82) is 0 Å². The van der Waals surface area contributed by atoms with Gasteiger partial charge in [-0.3, -0.25) is 9.59 Å². The highest BCUT2D eigenvalue weighted by Gasteiger charge is 2.24. The second-order valence-corrected chi connectivity index (χ2v) is 10.0. The maximum atomic E-state index is 13.2. The van der Waals surface area contributed by atoms with Crippen LogP contribution in [0.2, 0.25) is 0 Å². The molecule has 1 aromatic rings. The molecule has 0 aliphatic carbocycles. The molecule has 178 valence electrons. The molecule has 0 saturated carbocycles. The summed E-state index contributed by atoms with van der Waals surface area (Å²) >= 11 is 0. The zero-order valence-corrected chi connectivity index (χ0v) is 20.9. The van der Waals surface area contributed by atoms with E-state index < -0.39 is 0 Å². The van der Waals surface area contributed by atoms with E-state index in [1.807, 2.05) is 34.8 Å². The van der Waals surface area contributed by atoms with Crippen LogP contribution in [0, 0.1) is 11.3 Å². The SMILES string of the molecule is CCCCN(Cc1cccn1C)C(=O)CN(CCCOC)C(=O)CC(C)CC(C)(C)C. The molecule has 1 rings (SSSR count). The maximum absolute atomic E-state index is 13.2. The summed E-state index contributed by atoms with van der Waals surface area (Å²) in [4.78, 5) is 30.0. The van der Waals surface area contributed by atoms with Gasteiger partial charge in [-0.25, -0.2) is 0 Å². The van der Waals surface area contributed by atoms with E-state index in [0.29, 0.717) is 32.7 Å². The molecular weight excluding hydrogens is 390 g/mol. The molecule has 6 nitrogen and oxygen atoms in total. The van der Waals surface area contributed by atoms with Crippen molar-refractivity contribution in [2.45, 2.75) is 73.3 Å². The van der Waals surface area contributed by atoms with Crippen LogP contribution < -0.4 is 0 Å². The van der Waals surface area contributed by atoms with Crippen LogP contribution in [-0.4, -0.2) is 59.5 Å². The van der Waals surface area contributed by atoms with Gasteiger partial charge in [-0.15, -0.1) is 0 Å². The zero-order valence-electron chi connectivity index (χ0n) is 20.9. The first kappa shape index (κ1) is 27.2. The van der Waals surface area contributed by atoms with Crippen molar-refractivity contribution in [3.05, 3.63) is 24.0 Å². The van der Waals surface area contributed by atoms with Crippen LogP contribution in [0.4, 0.5) is 0 Å². The molecule has 1 unspecified atom stereocenters. The number of ether oxygens (including phenoxy) is 1. The average molecular weight is 436 g/mol. The zero-order chi connectivity index (χ0) is 23.4. The predicted octanol–water partition coefficient (Wildman–Crippen LogP) is 4.48. The van der Waals surface area contributed by atoms with Gasteiger partial charge in [0, 0.05) is 52.2 Å². The molecule has 1 heterocycles. The van der Waals surface area contributed by atoms with Crippen LogP contribution in [0.3, 0.4) is 0 Å². The van der Waals surface area contributed by atoms with Crippen LogP contribution in [0.5, 0.6) is 0 Å². The molecule has 0 saturated heterocycles. The molecule has 0 aliphatic heterocycles. The van der Waals surface area contributed by atoms with Gasteiger partial charge in [0.1, 0.15) is 0 Å². The van der Waals surface area contributed by atoms with Gasteiger partial charge in [-0.1, -0.05) is 41.0 Å². The number of carbonyl (C=O) groups is 2. The Hall–Kier alpha value is -1.82. The van der Waals surface area contributed by atoms with Crippen molar-refractivity contribution >= 4 is 11.8 Å². The van der Waals surface area contributed by atoms with Crippen LogP contribution >= 0.6 is 0 Å². The molecule has 0 aliphatic rings. The highest BCUT2D eigenvalue weighted by Crippen LogP contribution is 2.26. The summed E-state index contributed by atoms with van der Waals surface area (Å²) in [5, 5.41) is 0. The van der Waals surface area contributed by atoms with Gasteiger partial charge < -0.3 is 19.1 Å². The van der Waals surface area contributed by atoms with E-state index in [4.69, 9.17) is 4.74 Å². The molecule has 0 N–H and O–H groups in total. The Morgan fingerprint density at radius 3 is 2.35 bits per heavy atom. The third-order valence-electron chi connectivity index (χ3n) is 5.48. The van der Waals surface area contributed by atoms with Crippen molar-refractivity contribution in [3.8, 4) is 0 Å². The predicted molar refractivity (Wildman–Crippen MR) is 127 cm³/mol. The van der Waals surface area contributed by atoms with Crippen LogP contribution in [-0.2, 0) is 27.9 Å². The highest BCUT2D eigenvalue weighted by atomic mass is 16.5.